The summed E-state index contributed by atoms with van der Waals surface area (Å²) in [6.07, 6.45) is 5.13. The van der Waals surface area contributed by atoms with Crippen LogP contribution in [0.15, 0.2) is 0 Å². The van der Waals surface area contributed by atoms with Gasteiger partial charge < -0.3 is 20.1 Å². The van der Waals surface area contributed by atoms with Gasteiger partial charge in [-0.25, -0.2) is 0 Å². The molecule has 6 atom stereocenters. The zero-order valence-electron chi connectivity index (χ0n) is 11.9. The quantitative estimate of drug-likeness (QED) is 0.585. The molecular weight excluding hydrogens is 244 g/mol. The van der Waals surface area contributed by atoms with E-state index in [4.69, 9.17) is 4.74 Å². The minimum Gasteiger partial charge on any atom is -0.390 e. The summed E-state index contributed by atoms with van der Waals surface area (Å²) in [6, 6.07) is 0. The number of aliphatic hydroxyl groups excluding tert-OH is 3. The Kier molecular flexibility index (Phi) is 5.63. The van der Waals surface area contributed by atoms with E-state index in [9.17, 15) is 15.3 Å². The molecule has 2 saturated carbocycles. The Morgan fingerprint density at radius 2 is 1.53 bits per heavy atom. The summed E-state index contributed by atoms with van der Waals surface area (Å²) < 4.78 is 5.75. The largest absolute Gasteiger partial charge is 0.390 e. The van der Waals surface area contributed by atoms with Gasteiger partial charge in [-0.15, -0.1) is 0 Å². The summed E-state index contributed by atoms with van der Waals surface area (Å²) in [5, 5.41) is 29.4. The van der Waals surface area contributed by atoms with E-state index in [-0.39, 0.29) is 17.9 Å². The second kappa shape index (κ2) is 7.02. The van der Waals surface area contributed by atoms with Gasteiger partial charge in [0.05, 0.1) is 12.2 Å². The van der Waals surface area contributed by atoms with Crippen molar-refractivity contribution in [1.82, 2.24) is 0 Å². The van der Waals surface area contributed by atoms with Crippen LogP contribution in [0.25, 0.3) is 0 Å². The molecule has 112 valence electrons. The van der Waals surface area contributed by atoms with Crippen molar-refractivity contribution < 1.29 is 20.1 Å². The Morgan fingerprint density at radius 3 is 2.26 bits per heavy atom. The van der Waals surface area contributed by atoms with Crippen molar-refractivity contribution in [3.8, 4) is 0 Å². The first-order chi connectivity index (χ1) is 9.16. The fourth-order valence-corrected chi connectivity index (χ4v) is 3.23. The van der Waals surface area contributed by atoms with E-state index in [1.54, 1.807) is 0 Å². The van der Waals surface area contributed by atoms with Crippen molar-refractivity contribution in [3.05, 3.63) is 0 Å². The maximum atomic E-state index is 9.94. The van der Waals surface area contributed by atoms with E-state index in [1.807, 2.05) is 0 Å². The summed E-state index contributed by atoms with van der Waals surface area (Å²) in [5.41, 5.74) is 0. The molecule has 0 spiro atoms. The van der Waals surface area contributed by atoms with Gasteiger partial charge in [-0.1, -0.05) is 39.0 Å². The third-order valence-corrected chi connectivity index (χ3v) is 4.60. The van der Waals surface area contributed by atoms with E-state index in [1.165, 1.54) is 32.1 Å². The first kappa shape index (κ1) is 15.2. The van der Waals surface area contributed by atoms with Crippen LogP contribution in [-0.4, -0.2) is 46.3 Å². The Morgan fingerprint density at radius 1 is 0.842 bits per heavy atom. The van der Waals surface area contributed by atoms with Crippen LogP contribution < -0.4 is 0 Å². The van der Waals surface area contributed by atoms with Gasteiger partial charge in [-0.05, 0) is 24.7 Å². The van der Waals surface area contributed by atoms with Gasteiger partial charge in [0.15, 0.2) is 0 Å². The SMILES string of the molecule is CCCCCCCCO[C@H]1[C@H](O)[C@@H](O)[C@H](O)[C@H]2C[C@H]21. The molecule has 4 nitrogen and oxygen atoms in total. The van der Waals surface area contributed by atoms with Gasteiger partial charge in [0.25, 0.3) is 0 Å². The van der Waals surface area contributed by atoms with Crippen LogP contribution >= 0.6 is 0 Å². The molecule has 0 radical (unpaired) electrons. The predicted molar refractivity (Wildman–Crippen MR) is 72.7 cm³/mol. The molecule has 0 aromatic rings. The van der Waals surface area contributed by atoms with Gasteiger partial charge in [-0.3, -0.25) is 0 Å². The lowest BCUT2D eigenvalue weighted by atomic mass is 9.89. The van der Waals surface area contributed by atoms with Gasteiger partial charge in [0.1, 0.15) is 12.2 Å². The van der Waals surface area contributed by atoms with Crippen molar-refractivity contribution in [1.29, 1.82) is 0 Å². The minimum absolute atomic E-state index is 0.132. The molecule has 3 N–H and O–H groups in total. The summed E-state index contributed by atoms with van der Waals surface area (Å²) in [5.74, 6) is 0.376. The summed E-state index contributed by atoms with van der Waals surface area (Å²) in [4.78, 5) is 0. The molecular formula is C15H28O4. The normalized spacial score (nSPS) is 41.1. The monoisotopic (exact) mass is 272 g/mol. The number of unbranched alkanes of at least 4 members (excludes halogenated alkanes) is 5. The average molecular weight is 272 g/mol. The molecule has 2 aliphatic carbocycles. The number of hydrogen-bond donors (Lipinski definition) is 3. The van der Waals surface area contributed by atoms with Crippen molar-refractivity contribution in [2.24, 2.45) is 11.8 Å². The van der Waals surface area contributed by atoms with Crippen molar-refractivity contribution in [3.63, 3.8) is 0 Å². The summed E-state index contributed by atoms with van der Waals surface area (Å²) in [7, 11) is 0. The molecule has 0 unspecified atom stereocenters. The van der Waals surface area contributed by atoms with Gasteiger partial charge >= 0.3 is 0 Å². The van der Waals surface area contributed by atoms with E-state index in [0.29, 0.717) is 6.61 Å². The van der Waals surface area contributed by atoms with Gasteiger partial charge in [0, 0.05) is 6.61 Å². The Hall–Kier alpha value is -0.160. The zero-order valence-corrected chi connectivity index (χ0v) is 11.9. The number of ether oxygens (including phenoxy) is 1. The lowest BCUT2D eigenvalue weighted by Gasteiger charge is -2.34. The van der Waals surface area contributed by atoms with E-state index < -0.39 is 18.3 Å². The number of rotatable bonds is 8. The third-order valence-electron chi connectivity index (χ3n) is 4.60. The van der Waals surface area contributed by atoms with E-state index in [0.717, 1.165) is 12.8 Å². The predicted octanol–water partition coefficient (Wildman–Crippen LogP) is 1.46. The van der Waals surface area contributed by atoms with Crippen LogP contribution in [0.2, 0.25) is 0 Å². The van der Waals surface area contributed by atoms with Gasteiger partial charge in [-0.2, -0.15) is 0 Å². The average Bonchev–Trinajstić information content (AvgIpc) is 3.19. The Bertz CT molecular complexity index is 271. The summed E-state index contributed by atoms with van der Waals surface area (Å²) in [6.45, 7) is 2.86. The highest BCUT2D eigenvalue weighted by Crippen LogP contribution is 2.50. The fraction of sp³-hybridized carbons (Fsp3) is 1.00. The first-order valence-corrected chi connectivity index (χ1v) is 7.82. The maximum absolute atomic E-state index is 9.94. The molecule has 0 aromatic heterocycles. The second-order valence-corrected chi connectivity index (χ2v) is 6.14. The fourth-order valence-electron chi connectivity index (χ4n) is 3.23. The highest BCUT2D eigenvalue weighted by atomic mass is 16.5. The zero-order chi connectivity index (χ0) is 13.8. The molecule has 19 heavy (non-hydrogen) atoms. The molecule has 0 amide bonds. The van der Waals surface area contributed by atoms with Crippen molar-refractivity contribution in [2.75, 3.05) is 6.61 Å². The standard InChI is InChI=1S/C15H28O4/c1-2-3-4-5-6-7-8-19-15-11-9-10(11)12(16)13(17)14(15)18/h10-18H,2-9H2,1H3/t10-,11+,12+,13-,14+,15+/m0/s1. The smallest absolute Gasteiger partial charge is 0.109 e. The molecule has 0 saturated heterocycles. The Balaban J connectivity index is 1.61. The van der Waals surface area contributed by atoms with Gasteiger partial charge in [0.2, 0.25) is 0 Å². The van der Waals surface area contributed by atoms with Crippen LogP contribution in [0.3, 0.4) is 0 Å². The molecule has 0 aromatic carbocycles. The van der Waals surface area contributed by atoms with E-state index >= 15 is 0 Å². The van der Waals surface area contributed by atoms with Crippen LogP contribution in [0, 0.1) is 11.8 Å². The highest BCUT2D eigenvalue weighted by Gasteiger charge is 2.58. The third kappa shape index (κ3) is 3.69. The number of fused-ring (bicyclic) bond motifs is 1. The topological polar surface area (TPSA) is 69.9 Å². The molecule has 2 aliphatic rings. The lowest BCUT2D eigenvalue weighted by molar-refractivity contribution is -0.158. The summed E-state index contributed by atoms with van der Waals surface area (Å²) >= 11 is 0. The lowest BCUT2D eigenvalue weighted by Crippen LogP contribution is -2.51. The second-order valence-electron chi connectivity index (χ2n) is 6.14. The van der Waals surface area contributed by atoms with Crippen LogP contribution in [0.5, 0.6) is 0 Å². The molecule has 4 heteroatoms. The molecule has 0 heterocycles. The highest BCUT2D eigenvalue weighted by molar-refractivity contribution is 5.07. The van der Waals surface area contributed by atoms with Crippen LogP contribution in [-0.2, 0) is 4.74 Å². The van der Waals surface area contributed by atoms with Crippen molar-refractivity contribution in [2.45, 2.75) is 76.3 Å². The molecule has 2 fully saturated rings. The molecule has 0 bridgehead atoms. The van der Waals surface area contributed by atoms with Crippen molar-refractivity contribution >= 4 is 0 Å². The number of aliphatic hydroxyl groups is 3. The van der Waals surface area contributed by atoms with Crippen LogP contribution in [0.1, 0.15) is 51.9 Å². The molecule has 2 rings (SSSR count). The van der Waals surface area contributed by atoms with E-state index in [2.05, 4.69) is 6.92 Å². The first-order valence-electron chi connectivity index (χ1n) is 7.82. The van der Waals surface area contributed by atoms with Crippen LogP contribution in [0.4, 0.5) is 0 Å². The minimum atomic E-state index is -1.04. The maximum Gasteiger partial charge on any atom is 0.109 e. The molecule has 0 aliphatic heterocycles. The number of hydrogen-bond acceptors (Lipinski definition) is 4. The Labute approximate surface area is 115 Å².